The minimum atomic E-state index is -0.711. The van der Waals surface area contributed by atoms with Crippen molar-refractivity contribution in [3.63, 3.8) is 0 Å². The van der Waals surface area contributed by atoms with E-state index in [2.05, 4.69) is 19.2 Å². The summed E-state index contributed by atoms with van der Waals surface area (Å²) >= 11 is 0. The number of nitrogens with one attached hydrogen (secondary N) is 1. The van der Waals surface area contributed by atoms with E-state index in [4.69, 9.17) is 4.74 Å². The van der Waals surface area contributed by atoms with E-state index in [9.17, 15) is 14.5 Å². The van der Waals surface area contributed by atoms with E-state index in [0.29, 0.717) is 17.9 Å². The van der Waals surface area contributed by atoms with Gasteiger partial charge in [0.25, 0.3) is 5.69 Å². The molecule has 0 saturated carbocycles. The molecule has 0 aliphatic carbocycles. The predicted octanol–water partition coefficient (Wildman–Crippen LogP) is 3.31. The summed E-state index contributed by atoms with van der Waals surface area (Å²) < 4.78 is 18.6. The van der Waals surface area contributed by atoms with E-state index in [-0.39, 0.29) is 17.5 Å². The second-order valence-corrected chi connectivity index (χ2v) is 5.46. The summed E-state index contributed by atoms with van der Waals surface area (Å²) in [5.74, 6) is -0.206. The molecule has 0 radical (unpaired) electrons. The molecular weight excluding hydrogens is 275 g/mol. The van der Waals surface area contributed by atoms with Crippen molar-refractivity contribution in [3.05, 3.63) is 33.6 Å². The predicted molar refractivity (Wildman–Crippen MR) is 80.2 cm³/mol. The number of hydrogen-bond acceptors (Lipinski definition) is 4. The molecule has 6 heteroatoms. The van der Waals surface area contributed by atoms with Gasteiger partial charge in [0.15, 0.2) is 11.6 Å². The first-order valence-corrected chi connectivity index (χ1v) is 7.13. The van der Waals surface area contributed by atoms with Crippen LogP contribution in [0.3, 0.4) is 0 Å². The first-order valence-electron chi connectivity index (χ1n) is 7.13. The molecule has 1 unspecified atom stereocenters. The Morgan fingerprint density at radius 3 is 2.57 bits per heavy atom. The first kappa shape index (κ1) is 17.4. The number of rotatable bonds is 8. The molecule has 0 aliphatic heterocycles. The van der Waals surface area contributed by atoms with Gasteiger partial charge in [0, 0.05) is 11.6 Å². The number of ether oxygens (including phenoxy) is 1. The molecule has 1 aromatic rings. The van der Waals surface area contributed by atoms with Gasteiger partial charge in [-0.2, -0.15) is 0 Å². The average molecular weight is 298 g/mol. The summed E-state index contributed by atoms with van der Waals surface area (Å²) in [6.07, 6.45) is 1.36. The van der Waals surface area contributed by atoms with Crippen LogP contribution < -0.4 is 10.1 Å². The summed E-state index contributed by atoms with van der Waals surface area (Å²) in [5, 5.41) is 14.4. The highest BCUT2D eigenvalue weighted by Crippen LogP contribution is 2.29. The molecule has 21 heavy (non-hydrogen) atoms. The van der Waals surface area contributed by atoms with Crippen molar-refractivity contribution >= 4 is 5.69 Å². The van der Waals surface area contributed by atoms with Gasteiger partial charge in [-0.25, -0.2) is 4.39 Å². The Bertz CT molecular complexity index is 492. The van der Waals surface area contributed by atoms with E-state index in [1.807, 2.05) is 6.92 Å². The Kier molecular flexibility index (Phi) is 6.55. The minimum absolute atomic E-state index is 0.0374. The Morgan fingerprint density at radius 2 is 2.10 bits per heavy atom. The molecule has 118 valence electrons. The summed E-state index contributed by atoms with van der Waals surface area (Å²) in [7, 11) is 1.35. The zero-order chi connectivity index (χ0) is 16.0. The highest BCUT2D eigenvalue weighted by Gasteiger charge is 2.22. The SMILES string of the molecule is CCNC(Cc1cc(OC)c(F)cc1[N+](=O)[O-])CC(C)C. The lowest BCUT2D eigenvalue weighted by atomic mass is 9.96. The number of likely N-dealkylation sites (N-methyl/N-ethyl adjacent to an activating group) is 1. The van der Waals surface area contributed by atoms with Gasteiger partial charge in [-0.05, 0) is 31.4 Å². The molecular formula is C15H23FN2O3. The zero-order valence-electron chi connectivity index (χ0n) is 13.0. The van der Waals surface area contributed by atoms with E-state index in [1.54, 1.807) is 0 Å². The van der Waals surface area contributed by atoms with Crippen molar-refractivity contribution in [1.29, 1.82) is 0 Å². The molecule has 0 fully saturated rings. The van der Waals surface area contributed by atoms with Gasteiger partial charge < -0.3 is 10.1 Å². The van der Waals surface area contributed by atoms with Gasteiger partial charge in [0.05, 0.1) is 18.1 Å². The largest absolute Gasteiger partial charge is 0.494 e. The average Bonchev–Trinajstić information content (AvgIpc) is 2.39. The summed E-state index contributed by atoms with van der Waals surface area (Å²) in [6, 6.07) is 2.48. The van der Waals surface area contributed by atoms with Crippen LogP contribution in [-0.4, -0.2) is 24.6 Å². The fourth-order valence-electron chi connectivity index (χ4n) is 2.44. The third-order valence-corrected chi connectivity index (χ3v) is 3.26. The number of hydrogen-bond donors (Lipinski definition) is 1. The maximum absolute atomic E-state index is 13.6. The van der Waals surface area contributed by atoms with Crippen molar-refractivity contribution in [1.82, 2.24) is 5.32 Å². The van der Waals surface area contributed by atoms with E-state index < -0.39 is 10.7 Å². The fourth-order valence-corrected chi connectivity index (χ4v) is 2.44. The molecule has 0 aliphatic rings. The number of nitro groups is 1. The van der Waals surface area contributed by atoms with Crippen LogP contribution in [0, 0.1) is 21.8 Å². The third kappa shape index (κ3) is 4.97. The van der Waals surface area contributed by atoms with Gasteiger partial charge >= 0.3 is 0 Å². The smallest absolute Gasteiger partial charge is 0.275 e. The van der Waals surface area contributed by atoms with Crippen molar-refractivity contribution in [2.75, 3.05) is 13.7 Å². The van der Waals surface area contributed by atoms with E-state index in [1.165, 1.54) is 13.2 Å². The van der Waals surface area contributed by atoms with Crippen LogP contribution in [0.4, 0.5) is 10.1 Å². The number of nitrogens with zero attached hydrogens (tertiary/aromatic N) is 1. The fraction of sp³-hybridized carbons (Fsp3) is 0.600. The van der Waals surface area contributed by atoms with E-state index >= 15 is 0 Å². The number of benzene rings is 1. The second-order valence-electron chi connectivity index (χ2n) is 5.46. The molecule has 1 rings (SSSR count). The van der Waals surface area contributed by atoms with Gasteiger partial charge in [0.2, 0.25) is 0 Å². The van der Waals surface area contributed by atoms with Crippen LogP contribution >= 0.6 is 0 Å². The Balaban J connectivity index is 3.10. The van der Waals surface area contributed by atoms with Crippen LogP contribution in [0.1, 0.15) is 32.8 Å². The molecule has 0 saturated heterocycles. The van der Waals surface area contributed by atoms with Crippen molar-refractivity contribution in [2.24, 2.45) is 5.92 Å². The topological polar surface area (TPSA) is 64.4 Å². The van der Waals surface area contributed by atoms with Gasteiger partial charge in [-0.15, -0.1) is 0 Å². The van der Waals surface area contributed by atoms with Crippen molar-refractivity contribution < 1.29 is 14.1 Å². The molecule has 0 spiro atoms. The number of halogens is 1. The lowest BCUT2D eigenvalue weighted by Gasteiger charge is -2.20. The number of methoxy groups -OCH3 is 1. The van der Waals surface area contributed by atoms with Gasteiger partial charge in [-0.1, -0.05) is 20.8 Å². The Labute approximate surface area is 124 Å². The van der Waals surface area contributed by atoms with Gasteiger partial charge in [0.1, 0.15) is 0 Å². The van der Waals surface area contributed by atoms with Crippen LogP contribution in [0.2, 0.25) is 0 Å². The third-order valence-electron chi connectivity index (χ3n) is 3.26. The van der Waals surface area contributed by atoms with Crippen molar-refractivity contribution in [2.45, 2.75) is 39.7 Å². The summed E-state index contributed by atoms with van der Waals surface area (Å²) in [6.45, 7) is 6.98. The molecule has 1 N–H and O–H groups in total. The maximum atomic E-state index is 13.6. The highest BCUT2D eigenvalue weighted by atomic mass is 19.1. The zero-order valence-corrected chi connectivity index (χ0v) is 13.0. The van der Waals surface area contributed by atoms with Crippen LogP contribution in [0.15, 0.2) is 12.1 Å². The van der Waals surface area contributed by atoms with Crippen LogP contribution in [0.25, 0.3) is 0 Å². The molecule has 1 aromatic carbocycles. The Hall–Kier alpha value is -1.69. The second kappa shape index (κ2) is 7.93. The molecule has 1 atom stereocenters. The van der Waals surface area contributed by atoms with Crippen LogP contribution in [0.5, 0.6) is 5.75 Å². The molecule has 5 nitrogen and oxygen atoms in total. The minimum Gasteiger partial charge on any atom is -0.494 e. The lowest BCUT2D eigenvalue weighted by molar-refractivity contribution is -0.385. The monoisotopic (exact) mass is 298 g/mol. The Morgan fingerprint density at radius 1 is 1.43 bits per heavy atom. The number of nitro benzene ring substituents is 1. The highest BCUT2D eigenvalue weighted by molar-refractivity contribution is 5.46. The van der Waals surface area contributed by atoms with Crippen molar-refractivity contribution in [3.8, 4) is 5.75 Å². The molecule has 0 amide bonds. The molecule has 0 heterocycles. The van der Waals surface area contributed by atoms with Gasteiger partial charge in [-0.3, -0.25) is 10.1 Å². The maximum Gasteiger partial charge on any atom is 0.275 e. The molecule has 0 bridgehead atoms. The standard InChI is InChI=1S/C15H23FN2O3/c1-5-17-12(6-10(2)3)7-11-8-15(21-4)13(16)9-14(11)18(19)20/h8-10,12,17H,5-7H2,1-4H3. The lowest BCUT2D eigenvalue weighted by Crippen LogP contribution is -2.32. The van der Waals surface area contributed by atoms with Crippen LogP contribution in [-0.2, 0) is 6.42 Å². The van der Waals surface area contributed by atoms with E-state index in [0.717, 1.165) is 19.0 Å². The summed E-state index contributed by atoms with van der Waals surface area (Å²) in [4.78, 5) is 10.6. The summed E-state index contributed by atoms with van der Waals surface area (Å²) in [5.41, 5.74) is 0.296. The quantitative estimate of drug-likeness (QED) is 0.590. The molecule has 0 aromatic heterocycles. The normalized spacial score (nSPS) is 12.5. The first-order chi connectivity index (χ1) is 9.88.